The Bertz CT molecular complexity index is 450. The quantitative estimate of drug-likeness (QED) is 0.760. The second-order valence-corrected chi connectivity index (χ2v) is 7.47. The van der Waals surface area contributed by atoms with Crippen molar-refractivity contribution >= 4 is 21.8 Å². The first-order chi connectivity index (χ1) is 8.41. The number of nitrogens with zero attached hydrogens (tertiary/aromatic N) is 1. The molecule has 0 aromatic heterocycles. The molecule has 98 valence electrons. The number of carbonyl (C=O) groups excluding carboxylic acids is 1. The summed E-state index contributed by atoms with van der Waals surface area (Å²) in [5.41, 5.74) is 2.56. The van der Waals surface area contributed by atoms with Gasteiger partial charge in [0.05, 0.1) is 10.4 Å². The van der Waals surface area contributed by atoms with Crippen LogP contribution in [0.4, 0.5) is 0 Å². The van der Waals surface area contributed by atoms with Crippen molar-refractivity contribution in [3.05, 3.63) is 35.4 Å². The average molecular weight is 310 g/mol. The van der Waals surface area contributed by atoms with Crippen LogP contribution in [0, 0.1) is 6.92 Å². The monoisotopic (exact) mass is 309 g/mol. The predicted molar refractivity (Wildman–Crippen MR) is 77.9 cm³/mol. The molecule has 3 heteroatoms. The molecule has 1 aliphatic heterocycles. The van der Waals surface area contributed by atoms with Gasteiger partial charge in [-0.2, -0.15) is 0 Å². The van der Waals surface area contributed by atoms with Crippen molar-refractivity contribution < 1.29 is 4.79 Å². The number of amides is 1. The van der Waals surface area contributed by atoms with Crippen molar-refractivity contribution in [1.82, 2.24) is 4.90 Å². The SMILES string of the molecule is Cc1ccccc1C1CCCN1C(=O)C(C)(C)Br. The zero-order valence-electron chi connectivity index (χ0n) is 11.2. The van der Waals surface area contributed by atoms with Crippen LogP contribution in [0.2, 0.25) is 0 Å². The summed E-state index contributed by atoms with van der Waals surface area (Å²) in [5.74, 6) is 0.188. The Balaban J connectivity index is 2.29. The minimum atomic E-state index is -0.474. The van der Waals surface area contributed by atoms with E-state index in [0.29, 0.717) is 0 Å². The van der Waals surface area contributed by atoms with Gasteiger partial charge in [-0.05, 0) is 44.7 Å². The van der Waals surface area contributed by atoms with Crippen molar-refractivity contribution in [3.8, 4) is 0 Å². The van der Waals surface area contributed by atoms with E-state index >= 15 is 0 Å². The highest BCUT2D eigenvalue weighted by Crippen LogP contribution is 2.36. The summed E-state index contributed by atoms with van der Waals surface area (Å²) in [6.45, 7) is 6.83. The van der Waals surface area contributed by atoms with Gasteiger partial charge in [-0.15, -0.1) is 0 Å². The standard InChI is InChI=1S/C15H20BrNO/c1-11-7-4-5-8-12(11)13-9-6-10-17(13)14(18)15(2,3)16/h4-5,7-8,13H,6,9-10H2,1-3H3. The number of alkyl halides is 1. The van der Waals surface area contributed by atoms with E-state index in [-0.39, 0.29) is 11.9 Å². The zero-order valence-corrected chi connectivity index (χ0v) is 12.8. The number of benzene rings is 1. The van der Waals surface area contributed by atoms with Crippen LogP contribution in [0.1, 0.15) is 43.9 Å². The Hall–Kier alpha value is -0.830. The van der Waals surface area contributed by atoms with Crippen LogP contribution in [0.15, 0.2) is 24.3 Å². The van der Waals surface area contributed by atoms with Crippen molar-refractivity contribution in [3.63, 3.8) is 0 Å². The highest BCUT2D eigenvalue weighted by molar-refractivity contribution is 9.10. The molecule has 0 bridgehead atoms. The lowest BCUT2D eigenvalue weighted by molar-refractivity contribution is -0.133. The van der Waals surface area contributed by atoms with E-state index in [2.05, 4.69) is 41.1 Å². The van der Waals surface area contributed by atoms with E-state index in [4.69, 9.17) is 0 Å². The lowest BCUT2D eigenvalue weighted by atomic mass is 9.99. The normalized spacial score (nSPS) is 20.2. The average Bonchev–Trinajstić information content (AvgIpc) is 2.76. The zero-order chi connectivity index (χ0) is 13.3. The van der Waals surface area contributed by atoms with E-state index < -0.39 is 4.32 Å². The molecule has 1 saturated heterocycles. The number of hydrogen-bond acceptors (Lipinski definition) is 1. The Morgan fingerprint density at radius 3 is 2.67 bits per heavy atom. The second kappa shape index (κ2) is 5.04. The maximum atomic E-state index is 12.4. The summed E-state index contributed by atoms with van der Waals surface area (Å²) < 4.78 is -0.474. The van der Waals surface area contributed by atoms with Crippen molar-refractivity contribution in [2.45, 2.75) is 44.0 Å². The van der Waals surface area contributed by atoms with Crippen LogP contribution < -0.4 is 0 Å². The van der Waals surface area contributed by atoms with E-state index in [1.807, 2.05) is 24.8 Å². The maximum absolute atomic E-state index is 12.4. The molecule has 18 heavy (non-hydrogen) atoms. The fraction of sp³-hybridized carbons (Fsp3) is 0.533. The van der Waals surface area contributed by atoms with Gasteiger partial charge in [-0.25, -0.2) is 0 Å². The summed E-state index contributed by atoms with van der Waals surface area (Å²) in [6, 6.07) is 8.62. The van der Waals surface area contributed by atoms with Crippen LogP contribution in [0.3, 0.4) is 0 Å². The fourth-order valence-electron chi connectivity index (χ4n) is 2.64. The van der Waals surface area contributed by atoms with Crippen molar-refractivity contribution in [1.29, 1.82) is 0 Å². The van der Waals surface area contributed by atoms with Gasteiger partial charge in [0.1, 0.15) is 0 Å². The van der Waals surface area contributed by atoms with Crippen LogP contribution in [-0.2, 0) is 4.79 Å². The Kier molecular flexibility index (Phi) is 3.81. The molecule has 1 unspecified atom stereocenters. The summed E-state index contributed by atoms with van der Waals surface area (Å²) in [5, 5.41) is 0. The first kappa shape index (κ1) is 13.6. The number of aryl methyl sites for hydroxylation is 1. The third-order valence-corrected chi connectivity index (χ3v) is 3.91. The first-order valence-electron chi connectivity index (χ1n) is 6.47. The Labute approximate surface area is 117 Å². The second-order valence-electron chi connectivity index (χ2n) is 5.49. The minimum absolute atomic E-state index is 0.188. The molecule has 1 amide bonds. The number of hydrogen-bond donors (Lipinski definition) is 0. The van der Waals surface area contributed by atoms with Crippen LogP contribution in [-0.4, -0.2) is 21.7 Å². The number of halogens is 1. The molecular formula is C15H20BrNO. The van der Waals surface area contributed by atoms with Gasteiger partial charge >= 0.3 is 0 Å². The van der Waals surface area contributed by atoms with E-state index in [1.54, 1.807) is 0 Å². The molecule has 0 saturated carbocycles. The Morgan fingerprint density at radius 2 is 2.06 bits per heavy atom. The predicted octanol–water partition coefficient (Wildman–Crippen LogP) is 3.83. The number of rotatable bonds is 2. The fourth-order valence-corrected chi connectivity index (χ4v) is 2.86. The van der Waals surface area contributed by atoms with Crippen LogP contribution in [0.25, 0.3) is 0 Å². The highest BCUT2D eigenvalue weighted by atomic mass is 79.9. The maximum Gasteiger partial charge on any atom is 0.239 e. The highest BCUT2D eigenvalue weighted by Gasteiger charge is 2.37. The van der Waals surface area contributed by atoms with Crippen molar-refractivity contribution in [2.24, 2.45) is 0 Å². The van der Waals surface area contributed by atoms with Gasteiger partial charge in [0.25, 0.3) is 0 Å². The van der Waals surface area contributed by atoms with E-state index in [1.165, 1.54) is 11.1 Å². The number of likely N-dealkylation sites (tertiary alicyclic amines) is 1. The molecule has 1 aromatic carbocycles. The smallest absolute Gasteiger partial charge is 0.239 e. The van der Waals surface area contributed by atoms with Gasteiger partial charge in [-0.3, -0.25) is 4.79 Å². The lowest BCUT2D eigenvalue weighted by Crippen LogP contribution is -2.41. The molecule has 1 atom stereocenters. The molecule has 0 spiro atoms. The largest absolute Gasteiger partial charge is 0.334 e. The molecular weight excluding hydrogens is 290 g/mol. The van der Waals surface area contributed by atoms with E-state index in [9.17, 15) is 4.79 Å². The van der Waals surface area contributed by atoms with Gasteiger partial charge in [0.2, 0.25) is 5.91 Å². The molecule has 0 radical (unpaired) electrons. The molecule has 1 fully saturated rings. The van der Waals surface area contributed by atoms with Crippen LogP contribution >= 0.6 is 15.9 Å². The molecule has 2 nitrogen and oxygen atoms in total. The summed E-state index contributed by atoms with van der Waals surface area (Å²) in [7, 11) is 0. The molecule has 0 N–H and O–H groups in total. The third-order valence-electron chi connectivity index (χ3n) is 3.57. The third kappa shape index (κ3) is 2.61. The molecule has 1 aromatic rings. The van der Waals surface area contributed by atoms with E-state index in [0.717, 1.165) is 19.4 Å². The Morgan fingerprint density at radius 1 is 1.39 bits per heavy atom. The lowest BCUT2D eigenvalue weighted by Gasteiger charge is -2.31. The topological polar surface area (TPSA) is 20.3 Å². The van der Waals surface area contributed by atoms with Crippen LogP contribution in [0.5, 0.6) is 0 Å². The molecule has 1 heterocycles. The summed E-state index contributed by atoms with van der Waals surface area (Å²) in [6.07, 6.45) is 2.16. The van der Waals surface area contributed by atoms with Gasteiger partial charge < -0.3 is 4.90 Å². The summed E-state index contributed by atoms with van der Waals surface area (Å²) in [4.78, 5) is 14.5. The summed E-state index contributed by atoms with van der Waals surface area (Å²) >= 11 is 3.48. The number of carbonyl (C=O) groups is 1. The van der Waals surface area contributed by atoms with Gasteiger partial charge in [0.15, 0.2) is 0 Å². The first-order valence-corrected chi connectivity index (χ1v) is 7.26. The molecule has 1 aliphatic rings. The van der Waals surface area contributed by atoms with Crippen molar-refractivity contribution in [2.75, 3.05) is 6.54 Å². The van der Waals surface area contributed by atoms with Gasteiger partial charge in [0, 0.05) is 6.54 Å². The minimum Gasteiger partial charge on any atom is -0.334 e. The molecule has 2 rings (SSSR count). The van der Waals surface area contributed by atoms with Gasteiger partial charge in [-0.1, -0.05) is 40.2 Å². The molecule has 0 aliphatic carbocycles.